The summed E-state index contributed by atoms with van der Waals surface area (Å²) in [5.41, 5.74) is 0.337. The Kier molecular flexibility index (Phi) is 3.84. The van der Waals surface area contributed by atoms with Crippen molar-refractivity contribution in [2.24, 2.45) is 5.41 Å². The molecule has 0 heterocycles. The van der Waals surface area contributed by atoms with Gasteiger partial charge in [-0.25, -0.2) is 0 Å². The standard InChI is InChI=1S/C16H18O3/c1-12(17)19-15-10-6-9-14(18)16(15,2)11-13-7-4-3-5-8-13/h3-5,7-8,10H,6,9,11H2,1-2H3/t16-/m1/s1. The first kappa shape index (κ1) is 13.5. The van der Waals surface area contributed by atoms with E-state index >= 15 is 0 Å². The van der Waals surface area contributed by atoms with Gasteiger partial charge in [-0.3, -0.25) is 9.59 Å². The number of carbonyl (C=O) groups is 2. The maximum absolute atomic E-state index is 12.3. The van der Waals surface area contributed by atoms with Crippen molar-refractivity contribution in [1.82, 2.24) is 0 Å². The second kappa shape index (κ2) is 5.39. The zero-order valence-electron chi connectivity index (χ0n) is 11.3. The van der Waals surface area contributed by atoms with E-state index in [4.69, 9.17) is 4.74 Å². The molecule has 3 nitrogen and oxygen atoms in total. The fourth-order valence-corrected chi connectivity index (χ4v) is 2.47. The highest BCUT2D eigenvalue weighted by molar-refractivity contribution is 5.89. The Labute approximate surface area is 113 Å². The second-order valence-electron chi connectivity index (χ2n) is 5.12. The predicted molar refractivity (Wildman–Crippen MR) is 72.3 cm³/mol. The van der Waals surface area contributed by atoms with E-state index in [-0.39, 0.29) is 11.8 Å². The summed E-state index contributed by atoms with van der Waals surface area (Å²) >= 11 is 0. The van der Waals surface area contributed by atoms with E-state index in [1.165, 1.54) is 6.92 Å². The van der Waals surface area contributed by atoms with Gasteiger partial charge in [0.15, 0.2) is 0 Å². The number of rotatable bonds is 3. The summed E-state index contributed by atoms with van der Waals surface area (Å²) < 4.78 is 5.25. The van der Waals surface area contributed by atoms with Crippen molar-refractivity contribution in [3.63, 3.8) is 0 Å². The molecule has 0 radical (unpaired) electrons. The molecule has 0 saturated heterocycles. The van der Waals surface area contributed by atoms with Crippen molar-refractivity contribution in [2.75, 3.05) is 0 Å². The molecular formula is C16H18O3. The number of benzene rings is 1. The number of Topliss-reactive ketones (excluding diaryl/α,β-unsaturated/α-hetero) is 1. The van der Waals surface area contributed by atoms with Crippen LogP contribution in [0.3, 0.4) is 0 Å². The first-order valence-corrected chi connectivity index (χ1v) is 6.48. The minimum absolute atomic E-state index is 0.134. The maximum Gasteiger partial charge on any atom is 0.307 e. The van der Waals surface area contributed by atoms with Gasteiger partial charge < -0.3 is 4.74 Å². The van der Waals surface area contributed by atoms with Crippen LogP contribution in [0.5, 0.6) is 0 Å². The Morgan fingerprint density at radius 1 is 1.32 bits per heavy atom. The summed E-state index contributed by atoms with van der Waals surface area (Å²) in [7, 11) is 0. The highest BCUT2D eigenvalue weighted by Crippen LogP contribution is 2.38. The Bertz CT molecular complexity index is 516. The van der Waals surface area contributed by atoms with Crippen LogP contribution in [0.4, 0.5) is 0 Å². The van der Waals surface area contributed by atoms with Crippen molar-refractivity contribution >= 4 is 11.8 Å². The molecule has 1 aliphatic rings. The molecule has 0 aliphatic heterocycles. The van der Waals surface area contributed by atoms with Crippen LogP contribution >= 0.6 is 0 Å². The predicted octanol–water partition coefficient (Wildman–Crippen LogP) is 3.05. The highest BCUT2D eigenvalue weighted by atomic mass is 16.5. The second-order valence-corrected chi connectivity index (χ2v) is 5.12. The third-order valence-corrected chi connectivity index (χ3v) is 3.51. The van der Waals surface area contributed by atoms with Crippen molar-refractivity contribution in [3.05, 3.63) is 47.7 Å². The molecule has 19 heavy (non-hydrogen) atoms. The van der Waals surface area contributed by atoms with Crippen LogP contribution in [0.15, 0.2) is 42.2 Å². The van der Waals surface area contributed by atoms with Crippen molar-refractivity contribution < 1.29 is 14.3 Å². The number of ether oxygens (including phenoxy) is 1. The number of hydrogen-bond donors (Lipinski definition) is 0. The zero-order valence-corrected chi connectivity index (χ0v) is 11.3. The van der Waals surface area contributed by atoms with Gasteiger partial charge in [-0.1, -0.05) is 30.3 Å². The van der Waals surface area contributed by atoms with E-state index in [2.05, 4.69) is 0 Å². The van der Waals surface area contributed by atoms with Crippen molar-refractivity contribution in [1.29, 1.82) is 0 Å². The van der Waals surface area contributed by atoms with Crippen LogP contribution in [0, 0.1) is 5.41 Å². The largest absolute Gasteiger partial charge is 0.431 e. The van der Waals surface area contributed by atoms with E-state index < -0.39 is 5.41 Å². The fourth-order valence-electron chi connectivity index (χ4n) is 2.47. The third-order valence-electron chi connectivity index (χ3n) is 3.51. The number of hydrogen-bond acceptors (Lipinski definition) is 3. The molecule has 0 saturated carbocycles. The van der Waals surface area contributed by atoms with Gasteiger partial charge in [-0.15, -0.1) is 0 Å². The van der Waals surface area contributed by atoms with E-state index in [9.17, 15) is 9.59 Å². The van der Waals surface area contributed by atoms with Crippen LogP contribution < -0.4 is 0 Å². The lowest BCUT2D eigenvalue weighted by atomic mass is 9.73. The Morgan fingerprint density at radius 3 is 2.63 bits per heavy atom. The van der Waals surface area contributed by atoms with E-state index in [1.807, 2.05) is 43.3 Å². The summed E-state index contributed by atoms with van der Waals surface area (Å²) in [5, 5.41) is 0. The van der Waals surface area contributed by atoms with Crippen molar-refractivity contribution in [2.45, 2.75) is 33.1 Å². The monoisotopic (exact) mass is 258 g/mol. The van der Waals surface area contributed by atoms with Gasteiger partial charge >= 0.3 is 5.97 Å². The van der Waals surface area contributed by atoms with Crippen LogP contribution in [0.1, 0.15) is 32.3 Å². The van der Waals surface area contributed by atoms with Crippen LogP contribution in [0.2, 0.25) is 0 Å². The molecular weight excluding hydrogens is 240 g/mol. The number of carbonyl (C=O) groups excluding carboxylic acids is 2. The molecule has 100 valence electrons. The topological polar surface area (TPSA) is 43.4 Å². The molecule has 0 fully saturated rings. The van der Waals surface area contributed by atoms with Crippen molar-refractivity contribution in [3.8, 4) is 0 Å². The highest BCUT2D eigenvalue weighted by Gasteiger charge is 2.40. The van der Waals surface area contributed by atoms with Crippen LogP contribution in [0.25, 0.3) is 0 Å². The Balaban J connectivity index is 2.30. The average Bonchev–Trinajstić information content (AvgIpc) is 2.36. The molecule has 1 atom stereocenters. The summed E-state index contributed by atoms with van der Waals surface area (Å²) in [4.78, 5) is 23.5. The number of allylic oxidation sites excluding steroid dienone is 2. The molecule has 1 aromatic carbocycles. The lowest BCUT2D eigenvalue weighted by Gasteiger charge is -2.32. The first-order valence-electron chi connectivity index (χ1n) is 6.48. The van der Waals surface area contributed by atoms with Gasteiger partial charge in [0.25, 0.3) is 0 Å². The van der Waals surface area contributed by atoms with Crippen LogP contribution in [-0.4, -0.2) is 11.8 Å². The minimum Gasteiger partial charge on any atom is -0.431 e. The molecule has 0 unspecified atom stereocenters. The Morgan fingerprint density at radius 2 is 2.00 bits per heavy atom. The first-order chi connectivity index (χ1) is 9.02. The van der Waals surface area contributed by atoms with Gasteiger partial charge in [0, 0.05) is 13.3 Å². The van der Waals surface area contributed by atoms with E-state index in [0.29, 0.717) is 25.0 Å². The molecule has 1 aliphatic carbocycles. The molecule has 0 aromatic heterocycles. The van der Waals surface area contributed by atoms with Gasteiger partial charge in [0.1, 0.15) is 11.5 Å². The van der Waals surface area contributed by atoms with Gasteiger partial charge in [0.05, 0.1) is 5.41 Å². The average molecular weight is 258 g/mol. The molecule has 3 heteroatoms. The molecule has 2 rings (SSSR count). The minimum atomic E-state index is -0.731. The Hall–Kier alpha value is -1.90. The summed E-state index contributed by atoms with van der Waals surface area (Å²) in [6, 6.07) is 9.80. The van der Waals surface area contributed by atoms with Gasteiger partial charge in [-0.2, -0.15) is 0 Å². The fraction of sp³-hybridized carbons (Fsp3) is 0.375. The quantitative estimate of drug-likeness (QED) is 0.783. The summed E-state index contributed by atoms with van der Waals surface area (Å²) in [6.07, 6.45) is 3.58. The maximum atomic E-state index is 12.3. The van der Waals surface area contributed by atoms with Gasteiger partial charge in [-0.05, 0) is 31.4 Å². The van der Waals surface area contributed by atoms with Gasteiger partial charge in [0.2, 0.25) is 0 Å². The zero-order chi connectivity index (χ0) is 13.9. The molecule has 0 N–H and O–H groups in total. The SMILES string of the molecule is CC(=O)OC1=CCCC(=O)[C@@]1(C)Cc1ccccc1. The normalized spacial score (nSPS) is 22.8. The lowest BCUT2D eigenvalue weighted by Crippen LogP contribution is -2.36. The van der Waals surface area contributed by atoms with E-state index in [1.54, 1.807) is 0 Å². The summed E-state index contributed by atoms with van der Waals surface area (Å²) in [5.74, 6) is 0.260. The molecule has 0 spiro atoms. The third kappa shape index (κ3) is 2.92. The number of ketones is 1. The molecule has 0 bridgehead atoms. The smallest absolute Gasteiger partial charge is 0.307 e. The lowest BCUT2D eigenvalue weighted by molar-refractivity contribution is -0.141. The summed E-state index contributed by atoms with van der Waals surface area (Å²) in [6.45, 7) is 3.22. The van der Waals surface area contributed by atoms with Crippen LogP contribution in [-0.2, 0) is 20.7 Å². The number of esters is 1. The molecule has 1 aromatic rings. The molecule has 0 amide bonds. The van der Waals surface area contributed by atoms with E-state index in [0.717, 1.165) is 5.56 Å².